The Labute approximate surface area is 178 Å². The van der Waals surface area contributed by atoms with E-state index in [0.29, 0.717) is 18.2 Å². The molecule has 2 aromatic rings. The van der Waals surface area contributed by atoms with Gasteiger partial charge in [0.2, 0.25) is 0 Å². The van der Waals surface area contributed by atoms with E-state index >= 15 is 0 Å². The van der Waals surface area contributed by atoms with E-state index < -0.39 is 0 Å². The summed E-state index contributed by atoms with van der Waals surface area (Å²) in [5.41, 5.74) is 0.570. The molecule has 30 heavy (non-hydrogen) atoms. The molecule has 2 aliphatic rings. The molecule has 2 heterocycles. The van der Waals surface area contributed by atoms with Crippen LogP contribution in [0.15, 0.2) is 54.6 Å². The first kappa shape index (κ1) is 20.8. The minimum Gasteiger partial charge on any atom is -0.492 e. The molecule has 5 nitrogen and oxygen atoms in total. The van der Waals surface area contributed by atoms with Crippen molar-refractivity contribution < 1.29 is 13.9 Å². The van der Waals surface area contributed by atoms with Crippen LogP contribution >= 0.6 is 0 Å². The van der Waals surface area contributed by atoms with E-state index in [0.717, 1.165) is 64.4 Å². The summed E-state index contributed by atoms with van der Waals surface area (Å²) in [6, 6.07) is 16.2. The quantitative estimate of drug-likeness (QED) is 0.732. The van der Waals surface area contributed by atoms with E-state index in [1.165, 1.54) is 12.1 Å². The van der Waals surface area contributed by atoms with Gasteiger partial charge in [0.1, 0.15) is 18.2 Å². The highest BCUT2D eigenvalue weighted by molar-refractivity contribution is 5.94. The van der Waals surface area contributed by atoms with Crippen LogP contribution in [0.4, 0.5) is 4.39 Å². The zero-order valence-electron chi connectivity index (χ0n) is 17.4. The Balaban J connectivity index is 1.22. The number of carbonyl (C=O) groups is 1. The molecule has 0 saturated carbocycles. The zero-order valence-corrected chi connectivity index (χ0v) is 17.4. The van der Waals surface area contributed by atoms with E-state index in [1.807, 2.05) is 35.2 Å². The number of benzene rings is 2. The maximum atomic E-state index is 13.1. The molecule has 2 aromatic carbocycles. The average Bonchev–Trinajstić information content (AvgIpc) is 2.80. The lowest BCUT2D eigenvalue weighted by molar-refractivity contribution is 0.0399. The molecule has 1 atom stereocenters. The van der Waals surface area contributed by atoms with Crippen molar-refractivity contribution in [2.45, 2.75) is 18.9 Å². The molecule has 0 spiro atoms. The van der Waals surface area contributed by atoms with Gasteiger partial charge < -0.3 is 9.64 Å². The van der Waals surface area contributed by atoms with Gasteiger partial charge in [0.15, 0.2) is 0 Å². The van der Waals surface area contributed by atoms with Gasteiger partial charge in [-0.15, -0.1) is 0 Å². The molecule has 2 fully saturated rings. The number of ether oxygens (including phenoxy) is 1. The van der Waals surface area contributed by atoms with Crippen LogP contribution in [0.5, 0.6) is 5.75 Å². The lowest BCUT2D eigenvalue weighted by atomic mass is 10.0. The van der Waals surface area contributed by atoms with Crippen LogP contribution in [0.25, 0.3) is 0 Å². The first-order chi connectivity index (χ1) is 14.7. The lowest BCUT2D eigenvalue weighted by Crippen LogP contribution is -2.56. The standard InChI is InChI=1S/C24H30FN3O2/c25-21-10-8-20(9-11-21)24(29)28-12-4-5-22(19-28)27-15-13-26(14-16-27)17-18-30-23-6-2-1-3-7-23/h1-3,6-11,22H,4-5,12-19H2. The number of piperazine rings is 1. The third-order valence-electron chi connectivity index (χ3n) is 6.12. The molecule has 6 heteroatoms. The third kappa shape index (κ3) is 5.37. The predicted octanol–water partition coefficient (Wildman–Crippen LogP) is 3.13. The van der Waals surface area contributed by atoms with Crippen molar-refractivity contribution in [3.63, 3.8) is 0 Å². The highest BCUT2D eigenvalue weighted by atomic mass is 19.1. The number of halogens is 1. The number of piperidine rings is 1. The second-order valence-electron chi connectivity index (χ2n) is 8.09. The Morgan fingerprint density at radius 2 is 1.70 bits per heavy atom. The third-order valence-corrected chi connectivity index (χ3v) is 6.12. The van der Waals surface area contributed by atoms with Gasteiger partial charge in [0, 0.05) is 57.4 Å². The average molecular weight is 412 g/mol. The smallest absolute Gasteiger partial charge is 0.253 e. The van der Waals surface area contributed by atoms with Crippen molar-refractivity contribution in [3.05, 3.63) is 66.0 Å². The Bertz CT molecular complexity index is 807. The van der Waals surface area contributed by atoms with Crippen molar-refractivity contribution in [3.8, 4) is 5.75 Å². The molecule has 1 unspecified atom stereocenters. The fourth-order valence-electron chi connectivity index (χ4n) is 4.37. The number of amides is 1. The molecule has 0 bridgehead atoms. The number of nitrogens with zero attached hydrogens (tertiary/aromatic N) is 3. The van der Waals surface area contributed by atoms with Crippen LogP contribution in [0, 0.1) is 5.82 Å². The maximum absolute atomic E-state index is 13.1. The van der Waals surface area contributed by atoms with E-state index in [4.69, 9.17) is 4.74 Å². The minimum absolute atomic E-state index is 0.0106. The van der Waals surface area contributed by atoms with Crippen LogP contribution in [-0.2, 0) is 0 Å². The van der Waals surface area contributed by atoms with Crippen molar-refractivity contribution in [2.75, 3.05) is 52.4 Å². The summed E-state index contributed by atoms with van der Waals surface area (Å²) < 4.78 is 19.0. The van der Waals surface area contributed by atoms with Gasteiger partial charge in [-0.1, -0.05) is 18.2 Å². The maximum Gasteiger partial charge on any atom is 0.253 e. The van der Waals surface area contributed by atoms with Crippen molar-refractivity contribution >= 4 is 5.91 Å². The fraction of sp³-hybridized carbons (Fsp3) is 0.458. The minimum atomic E-state index is -0.310. The molecule has 4 rings (SSSR count). The summed E-state index contributed by atoms with van der Waals surface area (Å²) in [5, 5.41) is 0. The first-order valence-corrected chi connectivity index (χ1v) is 10.9. The van der Waals surface area contributed by atoms with Crippen molar-refractivity contribution in [1.82, 2.24) is 14.7 Å². The molecule has 2 aliphatic heterocycles. The first-order valence-electron chi connectivity index (χ1n) is 10.9. The number of carbonyl (C=O) groups excluding carboxylic acids is 1. The largest absolute Gasteiger partial charge is 0.492 e. The molecule has 160 valence electrons. The summed E-state index contributed by atoms with van der Waals surface area (Å²) in [4.78, 5) is 19.7. The second-order valence-corrected chi connectivity index (χ2v) is 8.09. The van der Waals surface area contributed by atoms with Gasteiger partial charge >= 0.3 is 0 Å². The van der Waals surface area contributed by atoms with E-state index in [1.54, 1.807) is 12.1 Å². The molecule has 1 amide bonds. The summed E-state index contributed by atoms with van der Waals surface area (Å²) in [5.74, 6) is 0.621. The fourth-order valence-corrected chi connectivity index (χ4v) is 4.37. The lowest BCUT2D eigenvalue weighted by Gasteiger charge is -2.43. The summed E-state index contributed by atoms with van der Waals surface area (Å²) in [7, 11) is 0. The normalized spacial score (nSPS) is 20.8. The predicted molar refractivity (Wildman–Crippen MR) is 115 cm³/mol. The zero-order chi connectivity index (χ0) is 20.8. The number of likely N-dealkylation sites (tertiary alicyclic amines) is 1. The molecule has 0 N–H and O–H groups in total. The highest BCUT2D eigenvalue weighted by Gasteiger charge is 2.30. The van der Waals surface area contributed by atoms with Gasteiger partial charge in [-0.3, -0.25) is 14.6 Å². The molecular weight excluding hydrogens is 381 g/mol. The number of hydrogen-bond acceptors (Lipinski definition) is 4. The van der Waals surface area contributed by atoms with Crippen LogP contribution in [0.2, 0.25) is 0 Å². The second kappa shape index (κ2) is 10.0. The van der Waals surface area contributed by atoms with Crippen LogP contribution in [0.3, 0.4) is 0 Å². The van der Waals surface area contributed by atoms with E-state index in [9.17, 15) is 9.18 Å². The molecule has 0 radical (unpaired) electrons. The van der Waals surface area contributed by atoms with Crippen molar-refractivity contribution in [1.29, 1.82) is 0 Å². The number of para-hydroxylation sites is 1. The van der Waals surface area contributed by atoms with Gasteiger partial charge in [0.25, 0.3) is 5.91 Å². The molecule has 2 saturated heterocycles. The Morgan fingerprint density at radius 1 is 0.967 bits per heavy atom. The number of hydrogen-bond donors (Lipinski definition) is 0. The molecule has 0 aliphatic carbocycles. The summed E-state index contributed by atoms with van der Waals surface area (Å²) >= 11 is 0. The van der Waals surface area contributed by atoms with Crippen LogP contribution < -0.4 is 4.74 Å². The topological polar surface area (TPSA) is 36.0 Å². The van der Waals surface area contributed by atoms with Crippen molar-refractivity contribution in [2.24, 2.45) is 0 Å². The monoisotopic (exact) mass is 411 g/mol. The summed E-state index contributed by atoms with van der Waals surface area (Å²) in [6.45, 7) is 7.27. The molecule has 0 aromatic heterocycles. The summed E-state index contributed by atoms with van der Waals surface area (Å²) in [6.07, 6.45) is 2.15. The van der Waals surface area contributed by atoms with E-state index in [-0.39, 0.29) is 11.7 Å². The van der Waals surface area contributed by atoms with Gasteiger partial charge in [-0.25, -0.2) is 4.39 Å². The Morgan fingerprint density at radius 3 is 2.43 bits per heavy atom. The van der Waals surface area contributed by atoms with Gasteiger partial charge in [-0.2, -0.15) is 0 Å². The SMILES string of the molecule is O=C(c1ccc(F)cc1)N1CCCC(N2CCN(CCOc3ccccc3)CC2)C1. The van der Waals surface area contributed by atoms with Crippen LogP contribution in [-0.4, -0.2) is 79.1 Å². The highest BCUT2D eigenvalue weighted by Crippen LogP contribution is 2.20. The van der Waals surface area contributed by atoms with Crippen LogP contribution in [0.1, 0.15) is 23.2 Å². The van der Waals surface area contributed by atoms with Gasteiger partial charge in [0.05, 0.1) is 0 Å². The van der Waals surface area contributed by atoms with E-state index in [2.05, 4.69) is 9.80 Å². The Hall–Kier alpha value is -2.44. The Kier molecular flexibility index (Phi) is 6.97. The number of rotatable bonds is 6. The van der Waals surface area contributed by atoms with Gasteiger partial charge in [-0.05, 0) is 49.2 Å². The molecular formula is C24H30FN3O2.